The van der Waals surface area contributed by atoms with Crippen molar-refractivity contribution < 1.29 is 0 Å². The van der Waals surface area contributed by atoms with Crippen molar-refractivity contribution in [3.8, 4) is 124 Å². The third-order valence-electron chi connectivity index (χ3n) is 21.7. The molecule has 8 nitrogen and oxygen atoms in total. The van der Waals surface area contributed by atoms with Gasteiger partial charge in [0, 0.05) is 78.1 Å². The van der Waals surface area contributed by atoms with E-state index in [1.807, 2.05) is 36.4 Å². The molecule has 0 aliphatic heterocycles. The maximum absolute atomic E-state index is 5.20. The molecule has 0 spiro atoms. The third kappa shape index (κ3) is 10.3. The lowest BCUT2D eigenvalue weighted by Gasteiger charge is -2.42. The van der Waals surface area contributed by atoms with Gasteiger partial charge in [-0.25, -0.2) is 29.9 Å². The number of hydrogen-bond donors (Lipinski definition) is 0. The van der Waals surface area contributed by atoms with Gasteiger partial charge in [-0.05, 0) is 151 Å². The van der Waals surface area contributed by atoms with Crippen LogP contribution in [0.4, 0.5) is 0 Å². The molecule has 2 unspecified atom stereocenters. The minimum Gasteiger partial charge on any atom is -0.309 e. The fraction of sp³-hybridized carbons (Fsp3) is 0.0204. The molecule has 22 rings (SSSR count). The Bertz CT molecular complexity index is 6240. The molecule has 2 bridgehead atoms. The van der Waals surface area contributed by atoms with Crippen LogP contribution in [-0.4, -0.2) is 39.0 Å². The van der Waals surface area contributed by atoms with E-state index in [4.69, 9.17) is 29.9 Å². The molecule has 0 saturated carbocycles. The fourth-order valence-corrected chi connectivity index (χ4v) is 16.5. The highest BCUT2D eigenvalue weighted by atomic mass is 15.0. The lowest BCUT2D eigenvalue weighted by atomic mass is 9.60. The van der Waals surface area contributed by atoms with E-state index >= 15 is 0 Å². The van der Waals surface area contributed by atoms with Crippen LogP contribution < -0.4 is 0 Å². The van der Waals surface area contributed by atoms with Crippen molar-refractivity contribution in [3.63, 3.8) is 0 Å². The zero-order valence-electron chi connectivity index (χ0n) is 57.4. The molecular formula is C98H62N8. The number of nitrogens with zero attached hydrogens (tertiary/aromatic N) is 8. The highest BCUT2D eigenvalue weighted by Crippen LogP contribution is 2.57. The maximum atomic E-state index is 5.20. The first kappa shape index (κ1) is 60.7. The fourth-order valence-electron chi connectivity index (χ4n) is 16.5. The summed E-state index contributed by atoms with van der Waals surface area (Å²) < 4.78 is 4.70. The molecule has 3 aliphatic rings. The van der Waals surface area contributed by atoms with Gasteiger partial charge >= 0.3 is 0 Å². The molecule has 2 atom stereocenters. The molecule has 4 heterocycles. The molecular weight excluding hydrogens is 1290 g/mol. The maximum Gasteiger partial charge on any atom is 0.164 e. The summed E-state index contributed by atoms with van der Waals surface area (Å²) in [5, 5.41) is 4.88. The first-order chi connectivity index (χ1) is 52.5. The normalized spacial score (nSPS) is 13.5. The van der Waals surface area contributed by atoms with Crippen LogP contribution >= 0.6 is 0 Å². The zero-order chi connectivity index (χ0) is 69.8. The highest BCUT2D eigenvalue weighted by molar-refractivity contribution is 6.12. The smallest absolute Gasteiger partial charge is 0.164 e. The Morgan fingerprint density at radius 1 is 0.160 bits per heavy atom. The van der Waals surface area contributed by atoms with E-state index in [0.29, 0.717) is 34.9 Å². The van der Waals surface area contributed by atoms with E-state index in [1.54, 1.807) is 0 Å². The first-order valence-corrected chi connectivity index (χ1v) is 36.1. The molecule has 106 heavy (non-hydrogen) atoms. The predicted octanol–water partition coefficient (Wildman–Crippen LogP) is 23.9. The minimum absolute atomic E-state index is 0.0876. The van der Waals surface area contributed by atoms with Gasteiger partial charge < -0.3 is 9.13 Å². The average molecular weight is 1350 g/mol. The second kappa shape index (κ2) is 24.9. The van der Waals surface area contributed by atoms with E-state index in [-0.39, 0.29) is 11.8 Å². The summed E-state index contributed by atoms with van der Waals surface area (Å²) in [6.45, 7) is 0. The quantitative estimate of drug-likeness (QED) is 0.121. The van der Waals surface area contributed by atoms with Crippen molar-refractivity contribution in [2.75, 3.05) is 0 Å². The Morgan fingerprint density at radius 2 is 0.396 bits per heavy atom. The number of rotatable bonds is 12. The molecule has 19 aromatic rings. The lowest BCUT2D eigenvalue weighted by Crippen LogP contribution is -2.27. The van der Waals surface area contributed by atoms with Crippen LogP contribution in [0.3, 0.4) is 0 Å². The SMILES string of the molecule is c1ccc(-c2nc(-c3ccc(-c4ccc5c(c4)C4c6ccccc6C5c5cc(-c6ccc(-c7nc(-c8ccccc8)nc(-c8ccc(-c9ccc%10c(c9)c9ccccc9n%10-c9ccccc9)cc8)n7)cc6)ccc54)cc3)nc(-c3ccc(-c4ccc5c(c4)c4ccccc4n5-c4ccccc4)cc3)n2)cc1. The van der Waals surface area contributed by atoms with Crippen molar-refractivity contribution in [3.05, 3.63) is 397 Å². The molecule has 494 valence electrons. The molecule has 3 aliphatic carbocycles. The van der Waals surface area contributed by atoms with E-state index in [0.717, 1.165) is 78.1 Å². The average Bonchev–Trinajstić information content (AvgIpc) is 0.834. The predicted molar refractivity (Wildman–Crippen MR) is 431 cm³/mol. The van der Waals surface area contributed by atoms with Crippen LogP contribution in [0.25, 0.3) is 168 Å². The first-order valence-electron chi connectivity index (χ1n) is 36.1. The van der Waals surface area contributed by atoms with Crippen LogP contribution in [0, 0.1) is 0 Å². The molecule has 0 N–H and O–H groups in total. The van der Waals surface area contributed by atoms with Crippen molar-refractivity contribution in [2.45, 2.75) is 11.8 Å². The van der Waals surface area contributed by atoms with Crippen molar-refractivity contribution >= 4 is 43.6 Å². The summed E-state index contributed by atoms with van der Waals surface area (Å²) in [7, 11) is 0. The van der Waals surface area contributed by atoms with Crippen LogP contribution in [0.1, 0.15) is 45.2 Å². The van der Waals surface area contributed by atoms with Crippen molar-refractivity contribution in [1.29, 1.82) is 0 Å². The van der Waals surface area contributed by atoms with Gasteiger partial charge in [-0.1, -0.05) is 291 Å². The molecule has 0 saturated heterocycles. The molecule has 15 aromatic carbocycles. The summed E-state index contributed by atoms with van der Waals surface area (Å²) in [4.78, 5) is 30.9. The molecule has 4 aromatic heterocycles. The van der Waals surface area contributed by atoms with Crippen LogP contribution in [0.15, 0.2) is 364 Å². The zero-order valence-corrected chi connectivity index (χ0v) is 57.4. The third-order valence-corrected chi connectivity index (χ3v) is 21.7. The Kier molecular flexibility index (Phi) is 14.2. The van der Waals surface area contributed by atoms with Crippen molar-refractivity contribution in [1.82, 2.24) is 39.0 Å². The number of aromatic nitrogens is 8. The molecule has 8 heteroatoms. The Morgan fingerprint density at radius 3 is 0.736 bits per heavy atom. The minimum atomic E-state index is 0.0876. The highest BCUT2D eigenvalue weighted by Gasteiger charge is 2.41. The Balaban J connectivity index is 0.558. The van der Waals surface area contributed by atoms with E-state index in [1.165, 1.54) is 88.1 Å². The Hall–Kier alpha value is -14.1. The van der Waals surface area contributed by atoms with Crippen LogP contribution in [0.5, 0.6) is 0 Å². The second-order valence-corrected chi connectivity index (χ2v) is 27.7. The monoisotopic (exact) mass is 1350 g/mol. The van der Waals surface area contributed by atoms with Gasteiger partial charge in [0.05, 0.1) is 22.1 Å². The number of hydrogen-bond acceptors (Lipinski definition) is 6. The van der Waals surface area contributed by atoms with E-state index in [9.17, 15) is 0 Å². The largest absolute Gasteiger partial charge is 0.309 e. The van der Waals surface area contributed by atoms with Crippen LogP contribution in [0.2, 0.25) is 0 Å². The van der Waals surface area contributed by atoms with Gasteiger partial charge in [0.15, 0.2) is 34.9 Å². The van der Waals surface area contributed by atoms with Gasteiger partial charge in [-0.2, -0.15) is 0 Å². The van der Waals surface area contributed by atoms with Gasteiger partial charge in [-0.3, -0.25) is 0 Å². The summed E-state index contributed by atoms with van der Waals surface area (Å²) >= 11 is 0. The topological polar surface area (TPSA) is 87.2 Å². The lowest BCUT2D eigenvalue weighted by molar-refractivity contribution is 0.755. The van der Waals surface area contributed by atoms with Gasteiger partial charge in [0.25, 0.3) is 0 Å². The second-order valence-electron chi connectivity index (χ2n) is 27.7. The molecule has 0 radical (unpaired) electrons. The van der Waals surface area contributed by atoms with Gasteiger partial charge in [0.2, 0.25) is 0 Å². The standard InChI is InChI=1S/C98H62N8/c1-5-19-65(20-6-1)93-99-95(103-97(101-93)69-45-37-63(38-46-69)73-51-55-89-83(57-73)77-27-15-17-31-87(77)105(89)75-23-9-3-10-24-75)67-41-33-61(34-42-67)71-49-53-81-85(59-71)91-79-29-13-14-30-80(79)92(81)86-60-72(50-54-82(86)91)62-35-43-68(44-36-62)96-100-94(66-21-7-2-8-22-66)102-98(104-96)70-47-39-64(40-48-70)74-52-56-90-84(58-74)78-28-16-18-32-88(78)106(90)76-25-11-4-12-26-76/h1-60,91-92H. The molecule has 0 fully saturated rings. The summed E-state index contributed by atoms with van der Waals surface area (Å²) in [5.74, 6) is 3.91. The molecule has 0 amide bonds. The van der Waals surface area contributed by atoms with Crippen LogP contribution in [-0.2, 0) is 0 Å². The van der Waals surface area contributed by atoms with E-state index < -0.39 is 0 Å². The van der Waals surface area contributed by atoms with Crippen molar-refractivity contribution in [2.24, 2.45) is 0 Å². The van der Waals surface area contributed by atoms with Gasteiger partial charge in [-0.15, -0.1) is 0 Å². The number of benzene rings is 15. The van der Waals surface area contributed by atoms with Gasteiger partial charge in [0.1, 0.15) is 0 Å². The summed E-state index contributed by atoms with van der Waals surface area (Å²) in [6, 6.07) is 130. The summed E-state index contributed by atoms with van der Waals surface area (Å²) in [5.41, 5.74) is 29.8. The van der Waals surface area contributed by atoms with E-state index in [2.05, 4.69) is 337 Å². The number of para-hydroxylation sites is 4. The number of fused-ring (bicyclic) bond motifs is 6. The Labute approximate surface area is 612 Å². The summed E-state index contributed by atoms with van der Waals surface area (Å²) in [6.07, 6.45) is 0.